The number of likely N-dealkylation sites (tertiary alicyclic amines) is 1. The van der Waals surface area contributed by atoms with E-state index in [1.165, 1.54) is 13.3 Å². The third-order valence-electron chi connectivity index (χ3n) is 4.83. The van der Waals surface area contributed by atoms with Crippen molar-refractivity contribution in [1.82, 2.24) is 15.2 Å². The monoisotopic (exact) mass is 401 g/mol. The Bertz CT molecular complexity index is 968. The molecule has 1 aliphatic heterocycles. The van der Waals surface area contributed by atoms with Crippen LogP contribution in [0.25, 0.3) is 10.9 Å². The Kier molecular flexibility index (Phi) is 5.81. The minimum Gasteiger partial charge on any atom is -0.495 e. The summed E-state index contributed by atoms with van der Waals surface area (Å²) in [6.07, 6.45) is 2.19. The number of fused-ring (bicyclic) bond motifs is 1. The number of hydrogen-bond acceptors (Lipinski definition) is 5. The molecular weight excluding hydrogens is 374 g/mol. The van der Waals surface area contributed by atoms with Crippen LogP contribution in [0, 0.1) is 0 Å². The van der Waals surface area contributed by atoms with E-state index in [-0.39, 0.29) is 22.9 Å². The molecule has 1 aromatic carbocycles. The first-order chi connectivity index (χ1) is 13.7. The number of ether oxygens (including phenoxy) is 2. The Morgan fingerprint density at radius 2 is 1.90 bits per heavy atom. The maximum Gasteiger partial charge on any atom is 0.407 e. The lowest BCUT2D eigenvalue weighted by Gasteiger charge is -2.32. The first kappa shape index (κ1) is 20.7. The highest BCUT2D eigenvalue weighted by atomic mass is 16.6. The van der Waals surface area contributed by atoms with Crippen LogP contribution in [0.5, 0.6) is 5.75 Å². The Balaban J connectivity index is 1.68. The number of H-pyrrole nitrogens is 1. The molecule has 0 saturated carbocycles. The van der Waals surface area contributed by atoms with Gasteiger partial charge in [-0.15, -0.1) is 0 Å². The van der Waals surface area contributed by atoms with Gasteiger partial charge in [-0.1, -0.05) is 6.07 Å². The largest absolute Gasteiger partial charge is 0.495 e. The van der Waals surface area contributed by atoms with Crippen LogP contribution in [0.2, 0.25) is 0 Å². The minimum absolute atomic E-state index is 0.0620. The van der Waals surface area contributed by atoms with Crippen LogP contribution in [-0.4, -0.2) is 53.7 Å². The fourth-order valence-electron chi connectivity index (χ4n) is 3.42. The summed E-state index contributed by atoms with van der Waals surface area (Å²) in [6.45, 7) is 6.34. The summed E-state index contributed by atoms with van der Waals surface area (Å²) in [7, 11) is 1.53. The van der Waals surface area contributed by atoms with Crippen molar-refractivity contribution in [1.29, 1.82) is 0 Å². The number of hydrogen-bond donors (Lipinski definition) is 2. The summed E-state index contributed by atoms with van der Waals surface area (Å²) in [5.41, 5.74) is -0.210. The van der Waals surface area contributed by atoms with Crippen molar-refractivity contribution in [2.75, 3.05) is 20.2 Å². The number of carbonyl (C=O) groups excluding carboxylic acids is 2. The molecule has 0 bridgehead atoms. The number of amides is 2. The predicted molar refractivity (Wildman–Crippen MR) is 109 cm³/mol. The van der Waals surface area contributed by atoms with Gasteiger partial charge in [0.1, 0.15) is 16.9 Å². The molecule has 2 amide bonds. The third kappa shape index (κ3) is 4.70. The lowest BCUT2D eigenvalue weighted by molar-refractivity contribution is 0.0473. The molecule has 0 atom stereocenters. The maximum absolute atomic E-state index is 12.9. The second-order valence-electron chi connectivity index (χ2n) is 8.13. The second-order valence-corrected chi connectivity index (χ2v) is 8.13. The summed E-state index contributed by atoms with van der Waals surface area (Å²) >= 11 is 0. The van der Waals surface area contributed by atoms with E-state index >= 15 is 0 Å². The zero-order valence-electron chi connectivity index (χ0n) is 17.2. The van der Waals surface area contributed by atoms with E-state index in [0.29, 0.717) is 42.6 Å². The van der Waals surface area contributed by atoms with E-state index in [1.54, 1.807) is 23.1 Å². The summed E-state index contributed by atoms with van der Waals surface area (Å²) in [6, 6.07) is 5.08. The first-order valence-corrected chi connectivity index (χ1v) is 9.67. The molecule has 29 heavy (non-hydrogen) atoms. The normalized spacial score (nSPS) is 15.2. The molecule has 156 valence electrons. The average Bonchev–Trinajstić information content (AvgIpc) is 2.66. The highest BCUT2D eigenvalue weighted by molar-refractivity contribution is 5.98. The van der Waals surface area contributed by atoms with Gasteiger partial charge in [-0.3, -0.25) is 9.59 Å². The molecule has 2 N–H and O–H groups in total. The fraction of sp³-hybridized carbons (Fsp3) is 0.476. The lowest BCUT2D eigenvalue weighted by atomic mass is 10.0. The van der Waals surface area contributed by atoms with E-state index in [2.05, 4.69) is 10.3 Å². The van der Waals surface area contributed by atoms with Crippen molar-refractivity contribution in [3.8, 4) is 5.75 Å². The smallest absolute Gasteiger partial charge is 0.407 e. The van der Waals surface area contributed by atoms with Crippen LogP contribution < -0.4 is 15.5 Å². The number of nitrogens with zero attached hydrogens (tertiary/aromatic N) is 1. The summed E-state index contributed by atoms with van der Waals surface area (Å²) in [5, 5.41) is 3.26. The van der Waals surface area contributed by atoms with Crippen LogP contribution in [0.4, 0.5) is 4.79 Å². The summed E-state index contributed by atoms with van der Waals surface area (Å²) in [5.74, 6) is 0.235. The topological polar surface area (TPSA) is 101 Å². The quantitative estimate of drug-likeness (QED) is 0.824. The number of piperidine rings is 1. The van der Waals surface area contributed by atoms with Crippen LogP contribution in [-0.2, 0) is 4.74 Å². The van der Waals surface area contributed by atoms with Gasteiger partial charge in [0.2, 0.25) is 5.43 Å². The molecule has 0 radical (unpaired) electrons. The number of benzene rings is 1. The SMILES string of the molecule is COc1cccc2c(=O)c(C(=O)N3CCC(NC(=O)OC(C)(C)C)CC3)c[nH]c12. The maximum atomic E-state index is 12.9. The van der Waals surface area contributed by atoms with Crippen molar-refractivity contribution in [2.45, 2.75) is 45.3 Å². The van der Waals surface area contributed by atoms with Gasteiger partial charge in [0.15, 0.2) is 0 Å². The minimum atomic E-state index is -0.555. The zero-order valence-corrected chi connectivity index (χ0v) is 17.2. The number of methoxy groups -OCH3 is 1. The first-order valence-electron chi connectivity index (χ1n) is 9.67. The van der Waals surface area contributed by atoms with E-state index in [1.807, 2.05) is 20.8 Å². The van der Waals surface area contributed by atoms with Gasteiger partial charge in [0, 0.05) is 25.3 Å². The molecular formula is C21H27N3O5. The van der Waals surface area contributed by atoms with Crippen molar-refractivity contribution in [2.24, 2.45) is 0 Å². The zero-order chi connectivity index (χ0) is 21.2. The summed E-state index contributed by atoms with van der Waals surface area (Å²) < 4.78 is 10.5. The molecule has 1 aromatic heterocycles. The highest BCUT2D eigenvalue weighted by Crippen LogP contribution is 2.21. The molecule has 8 heteroatoms. The molecule has 1 saturated heterocycles. The number of nitrogens with one attached hydrogen (secondary N) is 2. The van der Waals surface area contributed by atoms with E-state index in [9.17, 15) is 14.4 Å². The summed E-state index contributed by atoms with van der Waals surface area (Å²) in [4.78, 5) is 42.3. The van der Waals surface area contributed by atoms with Gasteiger partial charge in [-0.05, 0) is 45.7 Å². The van der Waals surface area contributed by atoms with Gasteiger partial charge >= 0.3 is 6.09 Å². The lowest BCUT2D eigenvalue weighted by Crippen LogP contribution is -2.48. The second kappa shape index (κ2) is 8.14. The Morgan fingerprint density at radius 3 is 2.52 bits per heavy atom. The number of aromatic nitrogens is 1. The molecule has 0 aliphatic carbocycles. The van der Waals surface area contributed by atoms with E-state index in [0.717, 1.165) is 0 Å². The molecule has 8 nitrogen and oxygen atoms in total. The molecule has 0 spiro atoms. The number of alkyl carbamates (subject to hydrolysis) is 1. The van der Waals surface area contributed by atoms with Crippen molar-refractivity contribution >= 4 is 22.9 Å². The van der Waals surface area contributed by atoms with E-state index < -0.39 is 11.7 Å². The van der Waals surface area contributed by atoms with Crippen molar-refractivity contribution in [3.05, 3.63) is 40.2 Å². The number of rotatable bonds is 3. The molecule has 0 unspecified atom stereocenters. The number of aromatic amines is 1. The molecule has 1 fully saturated rings. The number of pyridine rings is 1. The van der Waals surface area contributed by atoms with Crippen molar-refractivity contribution in [3.63, 3.8) is 0 Å². The number of carbonyl (C=O) groups is 2. The van der Waals surface area contributed by atoms with Gasteiger partial charge in [0.05, 0.1) is 18.0 Å². The van der Waals surface area contributed by atoms with Gasteiger partial charge in [0.25, 0.3) is 5.91 Å². The molecule has 2 heterocycles. The Hall–Kier alpha value is -3.03. The predicted octanol–water partition coefficient (Wildman–Crippen LogP) is 2.67. The molecule has 1 aliphatic rings. The van der Waals surface area contributed by atoms with Crippen LogP contribution in [0.1, 0.15) is 44.0 Å². The third-order valence-corrected chi connectivity index (χ3v) is 4.83. The van der Waals surface area contributed by atoms with Crippen LogP contribution in [0.15, 0.2) is 29.2 Å². The van der Waals surface area contributed by atoms with Gasteiger partial charge < -0.3 is 24.7 Å². The Morgan fingerprint density at radius 1 is 1.21 bits per heavy atom. The standard InChI is InChI=1S/C21H27N3O5/c1-21(2,3)29-20(27)23-13-8-10-24(11-9-13)19(26)15-12-22-17-14(18(15)25)6-5-7-16(17)28-4/h5-7,12-13H,8-11H2,1-4H3,(H,22,25)(H,23,27). The highest BCUT2D eigenvalue weighted by Gasteiger charge is 2.27. The van der Waals surface area contributed by atoms with Crippen LogP contribution >= 0.6 is 0 Å². The van der Waals surface area contributed by atoms with Crippen molar-refractivity contribution < 1.29 is 19.1 Å². The van der Waals surface area contributed by atoms with Gasteiger partial charge in [-0.2, -0.15) is 0 Å². The van der Waals surface area contributed by atoms with Crippen LogP contribution in [0.3, 0.4) is 0 Å². The average molecular weight is 401 g/mol. The molecule has 2 aromatic rings. The number of para-hydroxylation sites is 1. The fourth-order valence-corrected chi connectivity index (χ4v) is 3.42. The molecule has 3 rings (SSSR count). The van der Waals surface area contributed by atoms with Gasteiger partial charge in [-0.25, -0.2) is 4.79 Å². The Labute approximate surface area is 169 Å². The van der Waals surface area contributed by atoms with E-state index in [4.69, 9.17) is 9.47 Å².